The molecule has 1 aliphatic heterocycles. The van der Waals surface area contributed by atoms with Gasteiger partial charge in [-0.3, -0.25) is 0 Å². The molecular formula is C11H6N3O. The Hall–Kier alpha value is -1.71. The smallest absolute Gasteiger partial charge is 0.242 e. The average molecular weight is 196 g/mol. The number of hydrogen-bond acceptors (Lipinski definition) is 2. The zero-order valence-electron chi connectivity index (χ0n) is 7.77. The molecule has 1 aliphatic rings. The Balaban J connectivity index is 2.06. The molecule has 0 amide bonds. The minimum atomic E-state index is 0.346. The van der Waals surface area contributed by atoms with Crippen molar-refractivity contribution in [1.29, 1.82) is 0 Å². The number of benzene rings is 1. The van der Waals surface area contributed by atoms with E-state index in [4.69, 9.17) is 4.74 Å². The Labute approximate surface area is 89.4 Å². The van der Waals surface area contributed by atoms with Crippen LogP contribution in [-0.2, 0) is 0 Å². The van der Waals surface area contributed by atoms with E-state index in [1.165, 1.54) is 0 Å². The first-order chi connectivity index (χ1) is 7.38. The molecule has 0 saturated carbocycles. The maximum absolute atomic E-state index is 4.95. The van der Waals surface area contributed by atoms with Crippen molar-refractivity contribution in [3.63, 3.8) is 0 Å². The maximum atomic E-state index is 4.95. The summed E-state index contributed by atoms with van der Waals surface area (Å²) in [5.41, 5.74) is 0.736. The van der Waals surface area contributed by atoms with Gasteiger partial charge in [0.15, 0.2) is 19.7 Å². The van der Waals surface area contributed by atoms with Gasteiger partial charge in [0.25, 0.3) is 0 Å². The lowest BCUT2D eigenvalue weighted by molar-refractivity contribution is 0.433. The van der Waals surface area contributed by atoms with Gasteiger partial charge in [-0.05, 0) is 31.2 Å². The fourth-order valence-corrected chi connectivity index (χ4v) is 1.01. The first-order valence-electron chi connectivity index (χ1n) is 4.17. The van der Waals surface area contributed by atoms with Gasteiger partial charge >= 0.3 is 0 Å². The fourth-order valence-electron chi connectivity index (χ4n) is 1.01. The normalized spacial score (nSPS) is 14.3. The van der Waals surface area contributed by atoms with Gasteiger partial charge in [0.05, 0.1) is 5.69 Å². The Bertz CT molecular complexity index is 337. The first kappa shape index (κ1) is 9.83. The van der Waals surface area contributed by atoms with Gasteiger partial charge in [-0.15, -0.1) is 0 Å². The van der Waals surface area contributed by atoms with Crippen LogP contribution in [0.4, 0.5) is 5.69 Å². The summed E-state index contributed by atoms with van der Waals surface area (Å²) in [6.45, 7) is 10.6. The van der Waals surface area contributed by atoms with E-state index < -0.39 is 0 Å². The lowest BCUT2D eigenvalue weighted by Gasteiger charge is -2.00. The lowest BCUT2D eigenvalue weighted by Crippen LogP contribution is -2.10. The largest absolute Gasteiger partial charge is 0.478 e. The highest BCUT2D eigenvalue weighted by atomic mass is 16.5. The summed E-state index contributed by atoms with van der Waals surface area (Å²) >= 11 is 0. The van der Waals surface area contributed by atoms with Crippen LogP contribution in [0, 0.1) is 26.6 Å². The average Bonchev–Trinajstić information content (AvgIpc) is 2.74. The van der Waals surface area contributed by atoms with Crippen LogP contribution in [0.3, 0.4) is 0 Å². The SMILES string of the molecule is [CH2][C]Oc1ccc(N=C2[N][C][C][N]2)cc1. The van der Waals surface area contributed by atoms with Gasteiger partial charge in [0.2, 0.25) is 5.96 Å². The van der Waals surface area contributed by atoms with E-state index in [1.807, 2.05) is 0 Å². The molecule has 15 heavy (non-hydrogen) atoms. The quantitative estimate of drug-likeness (QED) is 0.717. The molecule has 0 bridgehead atoms. The first-order valence-corrected chi connectivity index (χ1v) is 4.17. The second-order valence-electron chi connectivity index (χ2n) is 2.60. The lowest BCUT2D eigenvalue weighted by atomic mass is 10.3. The molecular weight excluding hydrogens is 190 g/mol. The molecule has 2 rings (SSSR count). The molecule has 0 unspecified atom stereocenters. The van der Waals surface area contributed by atoms with Crippen molar-refractivity contribution in [3.05, 3.63) is 50.9 Å². The van der Waals surface area contributed by atoms with E-state index >= 15 is 0 Å². The van der Waals surface area contributed by atoms with E-state index in [1.54, 1.807) is 24.3 Å². The topological polar surface area (TPSA) is 49.8 Å². The van der Waals surface area contributed by atoms with E-state index in [9.17, 15) is 0 Å². The van der Waals surface area contributed by atoms with E-state index in [2.05, 4.69) is 42.2 Å². The van der Waals surface area contributed by atoms with Crippen LogP contribution in [0.1, 0.15) is 0 Å². The molecule has 4 heteroatoms. The summed E-state index contributed by atoms with van der Waals surface area (Å²) in [6.07, 6.45) is 0. The number of aliphatic imine (C=N–C) groups is 1. The van der Waals surface area contributed by atoms with Crippen LogP contribution in [0.25, 0.3) is 0 Å². The molecule has 0 aliphatic carbocycles. The van der Waals surface area contributed by atoms with Crippen LogP contribution < -0.4 is 15.4 Å². The molecule has 9 radical (unpaired) electrons. The van der Waals surface area contributed by atoms with Crippen LogP contribution in [0.2, 0.25) is 0 Å². The van der Waals surface area contributed by atoms with Crippen molar-refractivity contribution in [2.45, 2.75) is 0 Å². The van der Waals surface area contributed by atoms with Gasteiger partial charge in [0, 0.05) is 0 Å². The van der Waals surface area contributed by atoms with Crippen LogP contribution in [0.5, 0.6) is 5.75 Å². The predicted octanol–water partition coefficient (Wildman–Crippen LogP) is 1.23. The van der Waals surface area contributed by atoms with Crippen LogP contribution >= 0.6 is 0 Å². The molecule has 1 fully saturated rings. The number of guanidine groups is 1. The number of ether oxygens (including phenoxy) is 1. The minimum Gasteiger partial charge on any atom is -0.478 e. The highest BCUT2D eigenvalue weighted by Gasteiger charge is 2.12. The second-order valence-corrected chi connectivity index (χ2v) is 2.60. The van der Waals surface area contributed by atoms with Crippen molar-refractivity contribution >= 4 is 11.6 Å². The second kappa shape index (κ2) is 4.68. The van der Waals surface area contributed by atoms with Crippen molar-refractivity contribution in [2.24, 2.45) is 4.99 Å². The summed E-state index contributed by atoms with van der Waals surface area (Å²) in [5, 5.41) is 7.52. The monoisotopic (exact) mass is 196 g/mol. The number of rotatable bonds is 3. The van der Waals surface area contributed by atoms with Gasteiger partial charge in [-0.25, -0.2) is 15.6 Å². The third kappa shape index (κ3) is 2.62. The van der Waals surface area contributed by atoms with Gasteiger partial charge in [-0.2, -0.15) is 0 Å². The standard InChI is InChI=1S/C11H6N3O/c1-2-15-10-5-3-9(4-6-10)14-11-12-7-8-13-11/h3-6H,1H2. The fraction of sp³-hybridized carbons (Fsp3) is 0. The van der Waals surface area contributed by atoms with Crippen molar-refractivity contribution in [2.75, 3.05) is 0 Å². The molecule has 4 nitrogen and oxygen atoms in total. The number of hydrogen-bond donors (Lipinski definition) is 0. The molecule has 0 spiro atoms. The molecule has 1 heterocycles. The summed E-state index contributed by atoms with van der Waals surface area (Å²) in [4.78, 5) is 4.13. The highest BCUT2D eigenvalue weighted by molar-refractivity contribution is 5.85. The van der Waals surface area contributed by atoms with E-state index in [0.29, 0.717) is 11.7 Å². The Morgan fingerprint density at radius 1 is 1.20 bits per heavy atom. The van der Waals surface area contributed by atoms with Gasteiger partial charge < -0.3 is 4.74 Å². The van der Waals surface area contributed by atoms with Crippen LogP contribution in [-0.4, -0.2) is 5.96 Å². The van der Waals surface area contributed by atoms with E-state index in [-0.39, 0.29) is 0 Å². The molecule has 0 aromatic heterocycles. The summed E-state index contributed by atoms with van der Waals surface area (Å²) in [7, 11) is 0. The zero-order valence-corrected chi connectivity index (χ0v) is 7.77. The zero-order chi connectivity index (χ0) is 10.5. The third-order valence-corrected chi connectivity index (χ3v) is 1.62. The molecule has 0 N–H and O–H groups in total. The minimum absolute atomic E-state index is 0.346. The van der Waals surface area contributed by atoms with Gasteiger partial charge in [0.1, 0.15) is 5.75 Å². The molecule has 1 aromatic rings. The maximum Gasteiger partial charge on any atom is 0.242 e. The highest BCUT2D eigenvalue weighted by Crippen LogP contribution is 2.18. The summed E-state index contributed by atoms with van der Waals surface area (Å²) in [6, 6.07) is 7.08. The Morgan fingerprint density at radius 2 is 1.87 bits per heavy atom. The Kier molecular flexibility index (Phi) is 3.07. The predicted molar refractivity (Wildman–Crippen MR) is 53.5 cm³/mol. The number of nitrogens with zero attached hydrogens (tertiary/aromatic N) is 3. The van der Waals surface area contributed by atoms with Crippen molar-refractivity contribution < 1.29 is 4.74 Å². The van der Waals surface area contributed by atoms with Gasteiger partial charge in [-0.1, -0.05) is 0 Å². The Morgan fingerprint density at radius 3 is 2.47 bits per heavy atom. The summed E-state index contributed by atoms with van der Waals surface area (Å²) in [5.74, 6) is 1.00. The molecule has 1 aromatic carbocycles. The summed E-state index contributed by atoms with van der Waals surface area (Å²) < 4.78 is 4.95. The van der Waals surface area contributed by atoms with Crippen molar-refractivity contribution in [3.8, 4) is 5.75 Å². The van der Waals surface area contributed by atoms with Crippen LogP contribution in [0.15, 0.2) is 29.3 Å². The van der Waals surface area contributed by atoms with E-state index in [0.717, 1.165) is 5.69 Å². The van der Waals surface area contributed by atoms with Crippen molar-refractivity contribution in [1.82, 2.24) is 10.6 Å². The molecule has 71 valence electrons. The molecule has 0 atom stereocenters. The molecule has 1 saturated heterocycles. The third-order valence-electron chi connectivity index (χ3n) is 1.62.